The molecule has 0 amide bonds. The topological polar surface area (TPSA) is 52.3 Å². The molecule has 0 saturated carbocycles. The van der Waals surface area contributed by atoms with E-state index < -0.39 is 11.8 Å². The van der Waals surface area contributed by atoms with Gasteiger partial charge in [-0.25, -0.2) is 9.18 Å². The van der Waals surface area contributed by atoms with E-state index >= 15 is 0 Å². The molecule has 16 heavy (non-hydrogen) atoms. The molecule has 1 aromatic rings. The van der Waals surface area contributed by atoms with Crippen LogP contribution in [-0.2, 0) is 4.74 Å². The van der Waals surface area contributed by atoms with Gasteiger partial charge in [-0.15, -0.1) is 0 Å². The number of aryl methyl sites for hydroxylation is 1. The molecule has 1 aromatic carbocycles. The summed E-state index contributed by atoms with van der Waals surface area (Å²) in [4.78, 5) is 11.6. The molecule has 0 spiro atoms. The van der Waals surface area contributed by atoms with Crippen LogP contribution in [0.1, 0.15) is 36.2 Å². The standard InChI is InChI=1S/C12H16FNO2/c1-4-8(3)16-12(15)10-6-9(14)5-7(2)11(10)13/h5-6,8H,4,14H2,1-3H3. The molecule has 2 N–H and O–H groups in total. The fraction of sp³-hybridized carbons (Fsp3) is 0.417. The minimum Gasteiger partial charge on any atom is -0.459 e. The minimum absolute atomic E-state index is 0.0993. The van der Waals surface area contributed by atoms with Crippen LogP contribution in [0.4, 0.5) is 10.1 Å². The third kappa shape index (κ3) is 2.72. The molecule has 1 rings (SSSR count). The van der Waals surface area contributed by atoms with Crippen LogP contribution in [-0.4, -0.2) is 12.1 Å². The first-order valence-electron chi connectivity index (χ1n) is 5.22. The molecule has 0 saturated heterocycles. The molecule has 3 nitrogen and oxygen atoms in total. The van der Waals surface area contributed by atoms with E-state index in [9.17, 15) is 9.18 Å². The zero-order valence-corrected chi connectivity index (χ0v) is 9.71. The maximum Gasteiger partial charge on any atom is 0.341 e. The first kappa shape index (κ1) is 12.5. The second-order valence-corrected chi connectivity index (χ2v) is 3.82. The van der Waals surface area contributed by atoms with Gasteiger partial charge in [0.25, 0.3) is 0 Å². The third-order valence-electron chi connectivity index (χ3n) is 2.38. The quantitative estimate of drug-likeness (QED) is 0.635. The molecule has 1 unspecified atom stereocenters. The summed E-state index contributed by atoms with van der Waals surface area (Å²) in [7, 11) is 0. The Morgan fingerprint density at radius 1 is 1.56 bits per heavy atom. The number of hydrogen-bond donors (Lipinski definition) is 1. The van der Waals surface area contributed by atoms with E-state index in [1.54, 1.807) is 13.8 Å². The van der Waals surface area contributed by atoms with Crippen molar-refractivity contribution >= 4 is 11.7 Å². The normalized spacial score (nSPS) is 12.2. The van der Waals surface area contributed by atoms with E-state index in [1.807, 2.05) is 6.92 Å². The van der Waals surface area contributed by atoms with Gasteiger partial charge in [0.2, 0.25) is 0 Å². The summed E-state index contributed by atoms with van der Waals surface area (Å²) in [5, 5.41) is 0. The lowest BCUT2D eigenvalue weighted by molar-refractivity contribution is 0.0329. The SMILES string of the molecule is CCC(C)OC(=O)c1cc(N)cc(C)c1F. The average molecular weight is 225 g/mol. The number of anilines is 1. The second kappa shape index (κ2) is 4.96. The van der Waals surface area contributed by atoms with Crippen molar-refractivity contribution in [3.63, 3.8) is 0 Å². The number of nitrogen functional groups attached to an aromatic ring is 1. The highest BCUT2D eigenvalue weighted by Crippen LogP contribution is 2.18. The number of halogens is 1. The Hall–Kier alpha value is -1.58. The molecule has 0 heterocycles. The molecule has 0 aliphatic rings. The zero-order chi connectivity index (χ0) is 12.3. The molecule has 0 fully saturated rings. The van der Waals surface area contributed by atoms with Crippen molar-refractivity contribution in [3.8, 4) is 0 Å². The van der Waals surface area contributed by atoms with E-state index in [2.05, 4.69) is 0 Å². The summed E-state index contributed by atoms with van der Waals surface area (Å²) >= 11 is 0. The lowest BCUT2D eigenvalue weighted by atomic mass is 10.1. The van der Waals surface area contributed by atoms with E-state index in [0.717, 1.165) is 0 Å². The van der Waals surface area contributed by atoms with Crippen LogP contribution < -0.4 is 5.73 Å². The first-order chi connectivity index (χ1) is 7.45. The van der Waals surface area contributed by atoms with Crippen molar-refractivity contribution in [1.29, 1.82) is 0 Å². The van der Waals surface area contributed by atoms with Crippen molar-refractivity contribution in [1.82, 2.24) is 0 Å². The van der Waals surface area contributed by atoms with Gasteiger partial charge in [0.1, 0.15) is 5.82 Å². The lowest BCUT2D eigenvalue weighted by Gasteiger charge is -2.12. The van der Waals surface area contributed by atoms with Crippen molar-refractivity contribution in [2.45, 2.75) is 33.3 Å². The van der Waals surface area contributed by atoms with Crippen LogP contribution in [0.15, 0.2) is 12.1 Å². The van der Waals surface area contributed by atoms with Gasteiger partial charge in [0.15, 0.2) is 0 Å². The van der Waals surface area contributed by atoms with E-state index in [4.69, 9.17) is 10.5 Å². The van der Waals surface area contributed by atoms with Crippen LogP contribution in [0, 0.1) is 12.7 Å². The molecule has 0 aliphatic carbocycles. The molecule has 0 radical (unpaired) electrons. The number of carbonyl (C=O) groups is 1. The summed E-state index contributed by atoms with van der Waals surface area (Å²) in [5.74, 6) is -1.23. The van der Waals surface area contributed by atoms with Gasteiger partial charge in [0.05, 0.1) is 11.7 Å². The predicted octanol–water partition coefficient (Wildman–Crippen LogP) is 2.67. The maximum atomic E-state index is 13.6. The fourth-order valence-corrected chi connectivity index (χ4v) is 1.28. The molecule has 0 aromatic heterocycles. The van der Waals surface area contributed by atoms with Gasteiger partial charge in [-0.3, -0.25) is 0 Å². The number of rotatable bonds is 3. The highest BCUT2D eigenvalue weighted by atomic mass is 19.1. The van der Waals surface area contributed by atoms with E-state index in [0.29, 0.717) is 17.7 Å². The summed E-state index contributed by atoms with van der Waals surface area (Å²) < 4.78 is 18.7. The Morgan fingerprint density at radius 2 is 2.19 bits per heavy atom. The van der Waals surface area contributed by atoms with Gasteiger partial charge in [-0.2, -0.15) is 0 Å². The summed E-state index contributed by atoms with van der Waals surface area (Å²) in [6.07, 6.45) is 0.461. The van der Waals surface area contributed by atoms with Crippen molar-refractivity contribution in [3.05, 3.63) is 29.1 Å². The van der Waals surface area contributed by atoms with Gasteiger partial charge < -0.3 is 10.5 Å². The Morgan fingerprint density at radius 3 is 2.75 bits per heavy atom. The van der Waals surface area contributed by atoms with Gasteiger partial charge in [-0.1, -0.05) is 6.92 Å². The number of carbonyl (C=O) groups excluding carboxylic acids is 1. The molecular weight excluding hydrogens is 209 g/mol. The highest BCUT2D eigenvalue weighted by Gasteiger charge is 2.17. The summed E-state index contributed by atoms with van der Waals surface area (Å²) in [5.41, 5.74) is 6.16. The van der Waals surface area contributed by atoms with Gasteiger partial charge in [0, 0.05) is 5.69 Å². The van der Waals surface area contributed by atoms with Crippen molar-refractivity contribution in [2.75, 3.05) is 5.73 Å². The van der Waals surface area contributed by atoms with Gasteiger partial charge >= 0.3 is 5.97 Å². The Labute approximate surface area is 94.4 Å². The Bertz CT molecular complexity index is 404. The van der Waals surface area contributed by atoms with Crippen LogP contribution in [0.5, 0.6) is 0 Å². The molecular formula is C12H16FNO2. The van der Waals surface area contributed by atoms with Crippen molar-refractivity contribution < 1.29 is 13.9 Å². The average Bonchev–Trinajstić information content (AvgIpc) is 2.22. The predicted molar refractivity (Wildman–Crippen MR) is 60.7 cm³/mol. The van der Waals surface area contributed by atoms with Crippen LogP contribution in [0.2, 0.25) is 0 Å². The Kier molecular flexibility index (Phi) is 3.88. The fourth-order valence-electron chi connectivity index (χ4n) is 1.28. The van der Waals surface area contributed by atoms with Crippen LogP contribution >= 0.6 is 0 Å². The van der Waals surface area contributed by atoms with E-state index in [-0.39, 0.29) is 11.7 Å². The smallest absolute Gasteiger partial charge is 0.341 e. The van der Waals surface area contributed by atoms with Crippen LogP contribution in [0.25, 0.3) is 0 Å². The number of benzene rings is 1. The first-order valence-corrected chi connectivity index (χ1v) is 5.22. The second-order valence-electron chi connectivity index (χ2n) is 3.82. The molecule has 0 bridgehead atoms. The summed E-state index contributed by atoms with van der Waals surface area (Å²) in [6.45, 7) is 5.21. The monoisotopic (exact) mass is 225 g/mol. The third-order valence-corrected chi connectivity index (χ3v) is 2.38. The minimum atomic E-state index is -0.665. The molecule has 1 atom stereocenters. The number of ether oxygens (including phenoxy) is 1. The highest BCUT2D eigenvalue weighted by molar-refractivity contribution is 5.91. The summed E-state index contributed by atoms with van der Waals surface area (Å²) in [6, 6.07) is 2.78. The Balaban J connectivity index is 2.99. The van der Waals surface area contributed by atoms with E-state index in [1.165, 1.54) is 12.1 Å². The van der Waals surface area contributed by atoms with Crippen LogP contribution in [0.3, 0.4) is 0 Å². The molecule has 4 heteroatoms. The maximum absolute atomic E-state index is 13.6. The lowest BCUT2D eigenvalue weighted by Crippen LogP contribution is -2.16. The molecule has 88 valence electrons. The largest absolute Gasteiger partial charge is 0.459 e. The zero-order valence-electron chi connectivity index (χ0n) is 9.71. The van der Waals surface area contributed by atoms with Gasteiger partial charge in [-0.05, 0) is 38.0 Å². The van der Waals surface area contributed by atoms with Crippen molar-refractivity contribution in [2.24, 2.45) is 0 Å². The number of nitrogens with two attached hydrogens (primary N) is 1. The number of esters is 1. The molecule has 0 aliphatic heterocycles. The number of hydrogen-bond acceptors (Lipinski definition) is 3.